The molecule has 0 aromatic carbocycles. The van der Waals surface area contributed by atoms with Gasteiger partial charge in [-0.05, 0) is 12.8 Å². The summed E-state index contributed by atoms with van der Waals surface area (Å²) in [5.41, 5.74) is 0. The first-order valence-corrected chi connectivity index (χ1v) is 12.5. The molecule has 0 bridgehead atoms. The van der Waals surface area contributed by atoms with Crippen LogP contribution in [0.2, 0.25) is 0 Å². The zero-order chi connectivity index (χ0) is 21.0. The van der Waals surface area contributed by atoms with Crippen LogP contribution in [0.15, 0.2) is 0 Å². The smallest absolute Gasteiger partial charge is 0.409 e. The third kappa shape index (κ3) is 15.7. The Morgan fingerprint density at radius 3 is 1.76 bits per heavy atom. The van der Waals surface area contributed by atoms with E-state index in [-0.39, 0.29) is 12.7 Å². The van der Waals surface area contributed by atoms with Gasteiger partial charge in [-0.1, -0.05) is 103 Å². The first-order valence-electron chi connectivity index (χ1n) is 12.5. The van der Waals surface area contributed by atoms with E-state index in [4.69, 9.17) is 14.6 Å². The van der Waals surface area contributed by atoms with E-state index in [0.29, 0.717) is 13.0 Å². The normalized spacial score (nSPS) is 18.8. The summed E-state index contributed by atoms with van der Waals surface area (Å²) in [4.78, 5) is 11.7. The highest BCUT2D eigenvalue weighted by Crippen LogP contribution is 2.20. The van der Waals surface area contributed by atoms with E-state index in [2.05, 4.69) is 12.2 Å². The fourth-order valence-corrected chi connectivity index (χ4v) is 3.92. The minimum absolute atomic E-state index is 0.0132. The Morgan fingerprint density at radius 2 is 1.31 bits per heavy atom. The molecule has 0 aromatic rings. The SMILES string of the molecule is CCCCCCCCCCCCCCCCCCNC(=O)O[C@H]1CC[C@H](CO)O1. The summed E-state index contributed by atoms with van der Waals surface area (Å²) in [6.07, 6.45) is 21.9. The lowest BCUT2D eigenvalue weighted by Crippen LogP contribution is -2.30. The molecular weight excluding hydrogens is 366 g/mol. The summed E-state index contributed by atoms with van der Waals surface area (Å²) in [6, 6.07) is 0. The molecule has 0 saturated carbocycles. The maximum Gasteiger partial charge on any atom is 0.409 e. The number of aliphatic hydroxyl groups is 1. The molecule has 172 valence electrons. The third-order valence-corrected chi connectivity index (χ3v) is 5.81. The van der Waals surface area contributed by atoms with Crippen molar-refractivity contribution in [1.82, 2.24) is 5.32 Å². The molecule has 1 fully saturated rings. The van der Waals surface area contributed by atoms with E-state index in [1.807, 2.05) is 0 Å². The fraction of sp³-hybridized carbons (Fsp3) is 0.958. The van der Waals surface area contributed by atoms with Crippen LogP contribution in [-0.4, -0.2) is 36.7 Å². The van der Waals surface area contributed by atoms with Crippen LogP contribution in [0.4, 0.5) is 4.79 Å². The molecule has 2 N–H and O–H groups in total. The summed E-state index contributed by atoms with van der Waals surface area (Å²) in [6.45, 7) is 2.92. The fourth-order valence-electron chi connectivity index (χ4n) is 3.92. The average molecular weight is 414 g/mol. The van der Waals surface area contributed by atoms with Crippen LogP contribution >= 0.6 is 0 Å². The lowest BCUT2D eigenvalue weighted by molar-refractivity contribution is -0.105. The Balaban J connectivity index is 1.73. The molecule has 1 aliphatic rings. The monoisotopic (exact) mass is 413 g/mol. The zero-order valence-electron chi connectivity index (χ0n) is 19.0. The number of amides is 1. The Hall–Kier alpha value is -0.810. The van der Waals surface area contributed by atoms with Crippen LogP contribution in [0.3, 0.4) is 0 Å². The summed E-state index contributed by atoms with van der Waals surface area (Å²) >= 11 is 0. The van der Waals surface area contributed by atoms with Crippen LogP contribution in [0.5, 0.6) is 0 Å². The van der Waals surface area contributed by atoms with Gasteiger partial charge in [-0.2, -0.15) is 0 Å². The molecule has 1 aliphatic heterocycles. The second-order valence-electron chi connectivity index (χ2n) is 8.58. The topological polar surface area (TPSA) is 67.8 Å². The number of rotatable bonds is 19. The van der Waals surface area contributed by atoms with Gasteiger partial charge in [-0.15, -0.1) is 0 Å². The molecular formula is C24H47NO4. The predicted octanol–water partition coefficient (Wildman–Crippen LogP) is 6.47. The van der Waals surface area contributed by atoms with Crippen molar-refractivity contribution in [1.29, 1.82) is 0 Å². The second-order valence-corrected chi connectivity index (χ2v) is 8.58. The van der Waals surface area contributed by atoms with Gasteiger partial charge in [-0.25, -0.2) is 4.79 Å². The van der Waals surface area contributed by atoms with E-state index in [9.17, 15) is 4.79 Å². The molecule has 0 aromatic heterocycles. The quantitative estimate of drug-likeness (QED) is 0.238. The van der Waals surface area contributed by atoms with Crippen LogP contribution in [0.25, 0.3) is 0 Å². The molecule has 29 heavy (non-hydrogen) atoms. The molecule has 2 atom stereocenters. The van der Waals surface area contributed by atoms with Gasteiger partial charge < -0.3 is 19.9 Å². The minimum atomic E-state index is -0.502. The number of unbranched alkanes of at least 4 members (excludes halogenated alkanes) is 15. The number of hydrogen-bond donors (Lipinski definition) is 2. The van der Waals surface area contributed by atoms with Gasteiger partial charge in [0.1, 0.15) is 0 Å². The van der Waals surface area contributed by atoms with Crippen LogP contribution in [-0.2, 0) is 9.47 Å². The van der Waals surface area contributed by atoms with Gasteiger partial charge >= 0.3 is 6.09 Å². The van der Waals surface area contributed by atoms with E-state index in [1.54, 1.807) is 0 Å². The van der Waals surface area contributed by atoms with E-state index in [1.165, 1.54) is 89.9 Å². The van der Waals surface area contributed by atoms with Crippen molar-refractivity contribution in [3.63, 3.8) is 0 Å². The Bertz CT molecular complexity index is 378. The Labute approximate surface area is 179 Å². The molecule has 0 spiro atoms. The van der Waals surface area contributed by atoms with Crippen LogP contribution in [0, 0.1) is 0 Å². The molecule has 1 rings (SSSR count). The van der Waals surface area contributed by atoms with E-state index >= 15 is 0 Å². The van der Waals surface area contributed by atoms with Crippen molar-refractivity contribution in [2.45, 2.75) is 135 Å². The van der Waals surface area contributed by atoms with Crippen molar-refractivity contribution < 1.29 is 19.4 Å². The highest BCUT2D eigenvalue weighted by Gasteiger charge is 2.27. The first kappa shape index (κ1) is 26.2. The number of nitrogens with one attached hydrogen (secondary N) is 1. The summed E-state index contributed by atoms with van der Waals surface area (Å²) in [5, 5.41) is 11.8. The van der Waals surface area contributed by atoms with E-state index in [0.717, 1.165) is 19.3 Å². The van der Waals surface area contributed by atoms with Crippen LogP contribution in [0.1, 0.15) is 122 Å². The maximum atomic E-state index is 11.7. The van der Waals surface area contributed by atoms with Crippen molar-refractivity contribution >= 4 is 6.09 Å². The Morgan fingerprint density at radius 1 is 0.828 bits per heavy atom. The van der Waals surface area contributed by atoms with Gasteiger partial charge in [0, 0.05) is 13.0 Å². The molecule has 5 heteroatoms. The van der Waals surface area contributed by atoms with Gasteiger partial charge in [0.05, 0.1) is 12.7 Å². The summed E-state index contributed by atoms with van der Waals surface area (Å²) in [5.74, 6) is 0. The highest BCUT2D eigenvalue weighted by molar-refractivity contribution is 5.67. The molecule has 0 radical (unpaired) electrons. The standard InChI is InChI=1S/C24H47NO4/c1-2-3-4-5-6-7-8-9-10-11-12-13-14-15-16-17-20-25-24(27)29-23-19-18-22(21-26)28-23/h22-23,26H,2-21H2,1H3,(H,25,27)/t22-,23+/m1/s1. The predicted molar refractivity (Wildman–Crippen MR) is 119 cm³/mol. The van der Waals surface area contributed by atoms with E-state index < -0.39 is 12.4 Å². The average Bonchev–Trinajstić information content (AvgIpc) is 3.17. The largest absolute Gasteiger partial charge is 0.420 e. The van der Waals surface area contributed by atoms with Crippen molar-refractivity contribution in [2.75, 3.05) is 13.2 Å². The molecule has 1 heterocycles. The number of hydrogen-bond acceptors (Lipinski definition) is 4. The van der Waals surface area contributed by atoms with Crippen molar-refractivity contribution in [3.05, 3.63) is 0 Å². The molecule has 5 nitrogen and oxygen atoms in total. The molecule has 0 unspecified atom stereocenters. The number of ether oxygens (including phenoxy) is 2. The maximum absolute atomic E-state index is 11.7. The highest BCUT2D eigenvalue weighted by atomic mass is 16.7. The minimum Gasteiger partial charge on any atom is -0.420 e. The van der Waals surface area contributed by atoms with Crippen molar-refractivity contribution in [2.24, 2.45) is 0 Å². The van der Waals surface area contributed by atoms with Gasteiger partial charge in [0.25, 0.3) is 0 Å². The molecule has 1 saturated heterocycles. The summed E-state index contributed by atoms with van der Waals surface area (Å²) in [7, 11) is 0. The van der Waals surface area contributed by atoms with Crippen LogP contribution < -0.4 is 5.32 Å². The second kappa shape index (κ2) is 19.2. The van der Waals surface area contributed by atoms with Crippen molar-refractivity contribution in [3.8, 4) is 0 Å². The number of aliphatic hydroxyl groups excluding tert-OH is 1. The number of carbonyl (C=O) groups is 1. The number of alkyl carbamates (subject to hydrolysis) is 1. The summed E-state index contributed by atoms with van der Waals surface area (Å²) < 4.78 is 10.6. The van der Waals surface area contributed by atoms with Gasteiger partial charge in [-0.3, -0.25) is 0 Å². The van der Waals surface area contributed by atoms with Gasteiger partial charge in [0.15, 0.2) is 0 Å². The molecule has 1 amide bonds. The van der Waals surface area contributed by atoms with Gasteiger partial charge in [0.2, 0.25) is 6.29 Å². The lowest BCUT2D eigenvalue weighted by Gasteiger charge is -2.13. The zero-order valence-corrected chi connectivity index (χ0v) is 19.0. The third-order valence-electron chi connectivity index (χ3n) is 5.81. The lowest BCUT2D eigenvalue weighted by atomic mass is 10.0. The number of carbonyl (C=O) groups excluding carboxylic acids is 1. The first-order chi connectivity index (χ1) is 14.3. The molecule has 0 aliphatic carbocycles. The Kier molecular flexibility index (Phi) is 17.3.